The van der Waals surface area contributed by atoms with Crippen molar-refractivity contribution in [2.75, 3.05) is 6.61 Å². The quantitative estimate of drug-likeness (QED) is 0.625. The molecule has 0 unspecified atom stereocenters. The Morgan fingerprint density at radius 1 is 1.56 bits per heavy atom. The summed E-state index contributed by atoms with van der Waals surface area (Å²) in [5.74, 6) is 4.42. The fraction of sp³-hybridized carbons (Fsp3) is 0.400. The number of nitrogens with zero attached hydrogens (tertiary/aromatic N) is 1. The third kappa shape index (κ3) is 1.77. The minimum Gasteiger partial charge on any atom is -0.304 e. The van der Waals surface area contributed by atoms with Crippen molar-refractivity contribution in [1.82, 2.24) is 0 Å². The van der Waals surface area contributed by atoms with Crippen molar-refractivity contribution in [3.05, 3.63) is 39.7 Å². The van der Waals surface area contributed by atoms with Gasteiger partial charge in [0.15, 0.2) is 0 Å². The van der Waals surface area contributed by atoms with Crippen LogP contribution in [0, 0.1) is 15.9 Å². The Bertz CT molecular complexity index is 432. The summed E-state index contributed by atoms with van der Waals surface area (Å²) in [7, 11) is 0. The second kappa shape index (κ2) is 3.80. The maximum absolute atomic E-state index is 13.7. The number of non-ortho nitro benzene ring substituents is 1. The number of nitrogens with two attached hydrogens (primary N) is 1. The van der Waals surface area contributed by atoms with Crippen LogP contribution >= 0.6 is 0 Å². The maximum Gasteiger partial charge on any atom is 0.272 e. The monoisotopic (exact) mass is 226 g/mol. The second-order valence-electron chi connectivity index (χ2n) is 4.01. The van der Waals surface area contributed by atoms with Crippen LogP contribution in [0.4, 0.5) is 10.1 Å². The molecular formula is C10H11FN2O3. The number of nitro benzene ring substituents is 1. The lowest BCUT2D eigenvalue weighted by molar-refractivity contribution is -0.385. The number of hydrogen-bond donors (Lipinski definition) is 1. The summed E-state index contributed by atoms with van der Waals surface area (Å²) in [6.45, 7) is 0.238. The Labute approximate surface area is 91.1 Å². The fourth-order valence-corrected chi connectivity index (χ4v) is 1.85. The van der Waals surface area contributed by atoms with Crippen LogP contribution in [0.2, 0.25) is 0 Å². The van der Waals surface area contributed by atoms with Gasteiger partial charge in [-0.2, -0.15) is 0 Å². The lowest BCUT2D eigenvalue weighted by Gasteiger charge is -2.14. The predicted molar refractivity (Wildman–Crippen MR) is 54.1 cm³/mol. The van der Waals surface area contributed by atoms with E-state index in [9.17, 15) is 14.5 Å². The highest BCUT2D eigenvalue weighted by Gasteiger charge is 2.46. The molecule has 1 fully saturated rings. The van der Waals surface area contributed by atoms with E-state index in [0.717, 1.165) is 18.9 Å². The topological polar surface area (TPSA) is 78.4 Å². The minimum atomic E-state index is -0.619. The molecule has 0 radical (unpaired) electrons. The zero-order chi connectivity index (χ0) is 11.8. The van der Waals surface area contributed by atoms with Crippen molar-refractivity contribution < 1.29 is 14.2 Å². The Morgan fingerprint density at radius 2 is 2.25 bits per heavy atom. The number of hydrogen-bond acceptors (Lipinski definition) is 4. The van der Waals surface area contributed by atoms with Gasteiger partial charge in [-0.1, -0.05) is 0 Å². The predicted octanol–water partition coefficient (Wildman–Crippen LogP) is 1.66. The number of halogens is 1. The molecule has 16 heavy (non-hydrogen) atoms. The first-order chi connectivity index (χ1) is 7.59. The summed E-state index contributed by atoms with van der Waals surface area (Å²) in [4.78, 5) is 14.4. The van der Waals surface area contributed by atoms with Crippen LogP contribution in [0.25, 0.3) is 0 Å². The van der Waals surface area contributed by atoms with E-state index in [-0.39, 0.29) is 17.7 Å². The summed E-state index contributed by atoms with van der Waals surface area (Å²) < 4.78 is 13.7. The van der Waals surface area contributed by atoms with Crippen LogP contribution in [-0.4, -0.2) is 11.5 Å². The Kier molecular flexibility index (Phi) is 2.61. The van der Waals surface area contributed by atoms with Gasteiger partial charge < -0.3 is 4.84 Å². The van der Waals surface area contributed by atoms with Crippen LogP contribution in [-0.2, 0) is 10.3 Å². The molecule has 1 aromatic rings. The van der Waals surface area contributed by atoms with Crippen molar-refractivity contribution in [2.24, 2.45) is 5.90 Å². The van der Waals surface area contributed by atoms with Gasteiger partial charge in [0.2, 0.25) is 0 Å². The summed E-state index contributed by atoms with van der Waals surface area (Å²) >= 11 is 0. The van der Waals surface area contributed by atoms with Crippen LogP contribution in [0.5, 0.6) is 0 Å². The molecule has 1 aromatic carbocycles. The molecule has 5 nitrogen and oxygen atoms in total. The highest BCUT2D eigenvalue weighted by Crippen LogP contribution is 2.49. The molecule has 1 saturated carbocycles. The number of rotatable bonds is 4. The molecule has 6 heteroatoms. The summed E-state index contributed by atoms with van der Waals surface area (Å²) in [6, 6.07) is 3.68. The van der Waals surface area contributed by atoms with Crippen LogP contribution < -0.4 is 5.90 Å². The van der Waals surface area contributed by atoms with E-state index in [4.69, 9.17) is 5.90 Å². The van der Waals surface area contributed by atoms with Crippen LogP contribution in [0.3, 0.4) is 0 Å². The zero-order valence-corrected chi connectivity index (χ0v) is 8.48. The van der Waals surface area contributed by atoms with Gasteiger partial charge in [-0.3, -0.25) is 10.1 Å². The lowest BCUT2D eigenvalue weighted by Crippen LogP contribution is -2.19. The van der Waals surface area contributed by atoms with Crippen molar-refractivity contribution in [3.63, 3.8) is 0 Å². The molecule has 0 amide bonds. The van der Waals surface area contributed by atoms with Gasteiger partial charge in [0.1, 0.15) is 5.82 Å². The van der Waals surface area contributed by atoms with Crippen molar-refractivity contribution in [3.8, 4) is 0 Å². The van der Waals surface area contributed by atoms with Gasteiger partial charge >= 0.3 is 0 Å². The molecule has 86 valence electrons. The third-order valence-corrected chi connectivity index (χ3v) is 2.95. The highest BCUT2D eigenvalue weighted by molar-refractivity contribution is 5.40. The fourth-order valence-electron chi connectivity index (χ4n) is 1.85. The van der Waals surface area contributed by atoms with Gasteiger partial charge in [-0.25, -0.2) is 10.3 Å². The number of nitro groups is 1. The molecule has 0 spiro atoms. The first-order valence-electron chi connectivity index (χ1n) is 4.85. The smallest absolute Gasteiger partial charge is 0.272 e. The average molecular weight is 226 g/mol. The highest BCUT2D eigenvalue weighted by atomic mass is 19.1. The average Bonchev–Trinajstić information content (AvgIpc) is 2.99. The minimum absolute atomic E-state index is 0.238. The van der Waals surface area contributed by atoms with Crippen molar-refractivity contribution >= 4 is 5.69 Å². The van der Waals surface area contributed by atoms with Crippen LogP contribution in [0.1, 0.15) is 18.4 Å². The van der Waals surface area contributed by atoms with E-state index in [1.807, 2.05) is 0 Å². The third-order valence-electron chi connectivity index (χ3n) is 2.95. The summed E-state index contributed by atoms with van der Waals surface area (Å²) in [5, 5.41) is 10.4. The molecule has 1 aliphatic carbocycles. The molecule has 2 N–H and O–H groups in total. The molecule has 0 aliphatic heterocycles. The van der Waals surface area contributed by atoms with E-state index in [0.29, 0.717) is 5.56 Å². The molecule has 0 aromatic heterocycles. The molecule has 0 bridgehead atoms. The van der Waals surface area contributed by atoms with Crippen molar-refractivity contribution in [1.29, 1.82) is 0 Å². The largest absolute Gasteiger partial charge is 0.304 e. The van der Waals surface area contributed by atoms with Crippen LogP contribution in [0.15, 0.2) is 18.2 Å². The second-order valence-corrected chi connectivity index (χ2v) is 4.01. The maximum atomic E-state index is 13.7. The lowest BCUT2D eigenvalue weighted by atomic mass is 9.96. The standard InChI is InChI=1S/C10H11FN2O3/c11-9-5-7(13(14)15)1-2-8(9)10(3-4-10)6-16-12/h1-2,5H,3-4,6,12H2. The molecule has 1 aliphatic rings. The summed E-state index contributed by atoms with van der Waals surface area (Å²) in [5.41, 5.74) is -0.178. The Balaban J connectivity index is 2.33. The normalized spacial score (nSPS) is 17.1. The molecule has 0 saturated heterocycles. The van der Waals surface area contributed by atoms with Gasteiger partial charge in [-0.15, -0.1) is 0 Å². The molecule has 2 rings (SSSR count). The first-order valence-corrected chi connectivity index (χ1v) is 4.85. The zero-order valence-electron chi connectivity index (χ0n) is 8.48. The molecule has 0 heterocycles. The van der Waals surface area contributed by atoms with Gasteiger partial charge in [0, 0.05) is 11.5 Å². The molecule has 0 atom stereocenters. The van der Waals surface area contributed by atoms with Gasteiger partial charge in [-0.05, 0) is 24.5 Å². The number of benzene rings is 1. The van der Waals surface area contributed by atoms with Crippen molar-refractivity contribution in [2.45, 2.75) is 18.3 Å². The van der Waals surface area contributed by atoms with Gasteiger partial charge in [0.25, 0.3) is 5.69 Å². The van der Waals surface area contributed by atoms with E-state index in [1.54, 1.807) is 0 Å². The summed E-state index contributed by atoms with van der Waals surface area (Å²) in [6.07, 6.45) is 1.58. The van der Waals surface area contributed by atoms with E-state index >= 15 is 0 Å². The first kappa shape index (κ1) is 11.0. The molecular weight excluding hydrogens is 215 g/mol. The Hall–Kier alpha value is -1.53. The van der Waals surface area contributed by atoms with E-state index < -0.39 is 10.7 Å². The van der Waals surface area contributed by atoms with E-state index in [1.165, 1.54) is 12.1 Å². The SMILES string of the molecule is NOCC1(c2ccc([N+](=O)[O-])cc2F)CC1. The Morgan fingerprint density at radius 3 is 2.69 bits per heavy atom. The van der Waals surface area contributed by atoms with E-state index in [2.05, 4.69) is 4.84 Å². The van der Waals surface area contributed by atoms with Gasteiger partial charge in [0.05, 0.1) is 17.6 Å².